The van der Waals surface area contributed by atoms with E-state index in [9.17, 15) is 8.78 Å². The molecule has 0 atom stereocenters. The van der Waals surface area contributed by atoms with Gasteiger partial charge < -0.3 is 0 Å². The highest BCUT2D eigenvalue weighted by Gasteiger charge is 2.21. The summed E-state index contributed by atoms with van der Waals surface area (Å²) in [5.41, 5.74) is 3.34. The lowest BCUT2D eigenvalue weighted by molar-refractivity contribution is 0.308. The van der Waals surface area contributed by atoms with E-state index >= 15 is 0 Å². The average Bonchev–Trinajstić information content (AvgIpc) is 2.60. The fraction of sp³-hybridized carbons (Fsp3) is 0.455. The summed E-state index contributed by atoms with van der Waals surface area (Å²) in [6.45, 7) is 7.11. The largest absolute Gasteiger partial charge is 0.204 e. The van der Waals surface area contributed by atoms with E-state index in [0.717, 1.165) is 23.1 Å². The molecule has 2 heteroatoms. The highest BCUT2D eigenvalue weighted by atomic mass is 19.2. The quantitative estimate of drug-likeness (QED) is 0.474. The van der Waals surface area contributed by atoms with Gasteiger partial charge in [0.1, 0.15) is 0 Å². The molecule has 0 spiro atoms. The van der Waals surface area contributed by atoms with Gasteiger partial charge >= 0.3 is 0 Å². The molecular formula is C22H28F2. The van der Waals surface area contributed by atoms with Crippen LogP contribution in [0.3, 0.4) is 0 Å². The Balaban J connectivity index is 1.99. The molecule has 1 aliphatic rings. The molecule has 0 heterocycles. The van der Waals surface area contributed by atoms with Crippen molar-refractivity contribution in [2.75, 3.05) is 0 Å². The molecule has 0 radical (unpaired) electrons. The van der Waals surface area contributed by atoms with Crippen molar-refractivity contribution >= 4 is 5.57 Å². The topological polar surface area (TPSA) is 0 Å². The van der Waals surface area contributed by atoms with Gasteiger partial charge in [-0.2, -0.15) is 0 Å². The highest BCUT2D eigenvalue weighted by Crippen LogP contribution is 2.37. The fourth-order valence-corrected chi connectivity index (χ4v) is 3.60. The molecule has 0 nitrogen and oxygen atoms in total. The molecule has 1 saturated carbocycles. The smallest absolute Gasteiger partial charge is 0.158 e. The predicted molar refractivity (Wildman–Crippen MR) is 99.1 cm³/mol. The van der Waals surface area contributed by atoms with Crippen LogP contribution in [0.2, 0.25) is 0 Å². The molecule has 1 aliphatic carbocycles. The predicted octanol–water partition coefficient (Wildman–Crippen LogP) is 7.50. The Morgan fingerprint density at radius 1 is 1.08 bits per heavy atom. The summed E-state index contributed by atoms with van der Waals surface area (Å²) in [4.78, 5) is 0. The Morgan fingerprint density at radius 2 is 1.71 bits per heavy atom. The maximum Gasteiger partial charge on any atom is 0.158 e. The number of halogens is 2. The van der Waals surface area contributed by atoms with Crippen molar-refractivity contribution < 1.29 is 8.78 Å². The van der Waals surface area contributed by atoms with Gasteiger partial charge in [0, 0.05) is 0 Å². The summed E-state index contributed by atoms with van der Waals surface area (Å²) < 4.78 is 25.8. The van der Waals surface area contributed by atoms with E-state index in [1.54, 1.807) is 6.08 Å². The second-order valence-corrected chi connectivity index (χ2v) is 6.90. The van der Waals surface area contributed by atoms with E-state index in [0.29, 0.717) is 5.92 Å². The normalized spacial score (nSPS) is 22.5. The van der Waals surface area contributed by atoms with Crippen molar-refractivity contribution in [3.63, 3.8) is 0 Å². The van der Waals surface area contributed by atoms with Crippen LogP contribution in [0.5, 0.6) is 0 Å². The Kier molecular flexibility index (Phi) is 6.96. The molecule has 130 valence electrons. The van der Waals surface area contributed by atoms with Gasteiger partial charge in [-0.1, -0.05) is 56.7 Å². The van der Waals surface area contributed by atoms with Crippen LogP contribution in [0.15, 0.2) is 54.7 Å². The van der Waals surface area contributed by atoms with Gasteiger partial charge in [-0.05, 0) is 67.2 Å². The van der Waals surface area contributed by atoms with Gasteiger partial charge in [0.15, 0.2) is 11.7 Å². The van der Waals surface area contributed by atoms with Gasteiger partial charge in [-0.3, -0.25) is 0 Å². The number of benzene rings is 1. The van der Waals surface area contributed by atoms with Crippen molar-refractivity contribution in [3.8, 4) is 0 Å². The van der Waals surface area contributed by atoms with Crippen LogP contribution in [0, 0.1) is 5.92 Å². The van der Waals surface area contributed by atoms with Crippen molar-refractivity contribution in [1.29, 1.82) is 0 Å². The molecule has 1 aromatic carbocycles. The Morgan fingerprint density at radius 3 is 2.25 bits per heavy atom. The molecule has 0 unspecified atom stereocenters. The molecule has 2 rings (SSSR count). The van der Waals surface area contributed by atoms with Crippen LogP contribution < -0.4 is 0 Å². The van der Waals surface area contributed by atoms with Crippen LogP contribution in [0.4, 0.5) is 8.78 Å². The van der Waals surface area contributed by atoms with Crippen molar-refractivity contribution in [2.24, 2.45) is 5.92 Å². The first-order chi connectivity index (χ1) is 11.5. The molecule has 1 fully saturated rings. The minimum atomic E-state index is -1.03. The number of hydrogen-bond donors (Lipinski definition) is 0. The van der Waals surface area contributed by atoms with Crippen LogP contribution in [-0.2, 0) is 0 Å². The monoisotopic (exact) mass is 330 g/mol. The van der Waals surface area contributed by atoms with Gasteiger partial charge in [0.25, 0.3) is 0 Å². The summed E-state index contributed by atoms with van der Waals surface area (Å²) in [7, 11) is 0. The van der Waals surface area contributed by atoms with Crippen molar-refractivity contribution in [2.45, 2.75) is 58.3 Å². The van der Waals surface area contributed by atoms with E-state index in [-0.39, 0.29) is 0 Å². The van der Waals surface area contributed by atoms with Gasteiger partial charge in [0.2, 0.25) is 0 Å². The fourth-order valence-electron chi connectivity index (χ4n) is 3.60. The number of hydrogen-bond acceptors (Lipinski definition) is 0. The van der Waals surface area contributed by atoms with Gasteiger partial charge in [0.05, 0.1) is 0 Å². The summed E-state index contributed by atoms with van der Waals surface area (Å²) >= 11 is 0. The maximum absolute atomic E-state index is 13.1. The van der Waals surface area contributed by atoms with Crippen molar-refractivity contribution in [3.05, 3.63) is 65.8 Å². The van der Waals surface area contributed by atoms with E-state index < -0.39 is 11.7 Å². The highest BCUT2D eigenvalue weighted by molar-refractivity contribution is 5.65. The molecule has 0 aromatic heterocycles. The van der Waals surface area contributed by atoms with Crippen molar-refractivity contribution in [1.82, 2.24) is 0 Å². The van der Waals surface area contributed by atoms with Crippen LogP contribution >= 0.6 is 0 Å². The minimum absolute atomic E-state index is 0.670. The minimum Gasteiger partial charge on any atom is -0.204 e. The molecule has 0 aliphatic heterocycles. The number of allylic oxidation sites excluding steroid dienone is 5. The van der Waals surface area contributed by atoms with E-state index in [4.69, 9.17) is 0 Å². The van der Waals surface area contributed by atoms with Crippen LogP contribution in [0.1, 0.15) is 69.4 Å². The lowest BCUT2D eigenvalue weighted by atomic mass is 9.77. The SMILES string of the molecule is C=C(F)/C(F)=C\C=C(/C)c1ccc(C2CCC(CCC)CC2)cc1. The first-order valence-corrected chi connectivity index (χ1v) is 9.00. The third-order valence-electron chi connectivity index (χ3n) is 5.12. The van der Waals surface area contributed by atoms with E-state index in [1.807, 2.05) is 6.92 Å². The molecule has 0 saturated heterocycles. The van der Waals surface area contributed by atoms with E-state index in [2.05, 4.69) is 37.8 Å². The summed E-state index contributed by atoms with van der Waals surface area (Å²) in [6, 6.07) is 8.53. The third-order valence-corrected chi connectivity index (χ3v) is 5.12. The first-order valence-electron chi connectivity index (χ1n) is 9.00. The first kappa shape index (κ1) is 18.6. The zero-order chi connectivity index (χ0) is 17.5. The standard InChI is InChI=1S/C22H28F2/c1-4-5-18-7-9-20(10-8-18)21-13-11-19(12-14-21)16(2)6-15-22(24)17(3)23/h6,11-15,18,20H,3-5,7-10H2,1-2H3/b16-6+,22-15+. The maximum atomic E-state index is 13.1. The second kappa shape index (κ2) is 8.96. The zero-order valence-electron chi connectivity index (χ0n) is 14.8. The third kappa shape index (κ3) is 5.15. The molecule has 0 amide bonds. The Bertz CT molecular complexity index is 599. The summed E-state index contributed by atoms with van der Waals surface area (Å²) in [6.07, 6.45) is 10.6. The summed E-state index contributed by atoms with van der Waals surface area (Å²) in [5.74, 6) is -0.367. The Labute approximate surface area is 145 Å². The molecule has 24 heavy (non-hydrogen) atoms. The number of rotatable bonds is 6. The lowest BCUT2D eigenvalue weighted by Crippen LogP contribution is -2.13. The molecular weight excluding hydrogens is 302 g/mol. The molecule has 1 aromatic rings. The van der Waals surface area contributed by atoms with Gasteiger partial charge in [-0.25, -0.2) is 8.78 Å². The van der Waals surface area contributed by atoms with E-state index in [1.165, 1.54) is 44.1 Å². The summed E-state index contributed by atoms with van der Waals surface area (Å²) in [5, 5.41) is 0. The lowest BCUT2D eigenvalue weighted by Gasteiger charge is -2.28. The van der Waals surface area contributed by atoms with Gasteiger partial charge in [-0.15, -0.1) is 0 Å². The van der Waals surface area contributed by atoms with Crippen LogP contribution in [-0.4, -0.2) is 0 Å². The second-order valence-electron chi connectivity index (χ2n) is 6.90. The van der Waals surface area contributed by atoms with Crippen LogP contribution in [0.25, 0.3) is 5.57 Å². The molecule has 0 bridgehead atoms. The zero-order valence-corrected chi connectivity index (χ0v) is 14.8. The Hall–Kier alpha value is -1.70. The average molecular weight is 330 g/mol. The molecule has 0 N–H and O–H groups in total.